The van der Waals surface area contributed by atoms with Gasteiger partial charge in [0.15, 0.2) is 0 Å². The van der Waals surface area contributed by atoms with Crippen LogP contribution in [0.2, 0.25) is 0 Å². The van der Waals surface area contributed by atoms with Gasteiger partial charge in [0.05, 0.1) is 0 Å². The van der Waals surface area contributed by atoms with Crippen molar-refractivity contribution >= 4 is 34.1 Å². The molecule has 0 aliphatic carbocycles. The number of para-hydroxylation sites is 2. The van der Waals surface area contributed by atoms with Crippen LogP contribution in [0.3, 0.4) is 0 Å². The van der Waals surface area contributed by atoms with E-state index in [0.29, 0.717) is 22.7 Å². The van der Waals surface area contributed by atoms with Gasteiger partial charge in [-0.25, -0.2) is 0 Å². The van der Waals surface area contributed by atoms with Gasteiger partial charge >= 0.3 is 12.4 Å². The van der Waals surface area contributed by atoms with Crippen LogP contribution in [0.4, 0.5) is 60.5 Å². The van der Waals surface area contributed by atoms with E-state index in [9.17, 15) is 0 Å². The molecule has 6 rings (SSSR count). The summed E-state index contributed by atoms with van der Waals surface area (Å²) >= 11 is 0. The third-order valence-electron chi connectivity index (χ3n) is 11.1. The normalized spacial score (nSPS) is 12.4. The Kier molecular flexibility index (Phi) is 11.7. The molecule has 0 aliphatic rings. The highest BCUT2D eigenvalue weighted by atomic mass is 19.4. The van der Waals surface area contributed by atoms with E-state index in [-0.39, 0.29) is 5.41 Å². The third kappa shape index (κ3) is 7.66. The molecule has 0 spiro atoms. The number of hydrogen-bond donors (Lipinski definition) is 0. The molecule has 0 fully saturated rings. The Morgan fingerprint density at radius 3 is 1.00 bits per heavy atom. The summed E-state index contributed by atoms with van der Waals surface area (Å²) in [5, 5.41) is 0. The quantitative estimate of drug-likeness (QED) is 0.108. The Morgan fingerprint density at radius 1 is 0.393 bits per heavy atom. The van der Waals surface area contributed by atoms with Crippen molar-refractivity contribution in [3.63, 3.8) is 0 Å². The lowest BCUT2D eigenvalue weighted by molar-refractivity contribution is -0.288. The van der Waals surface area contributed by atoms with Gasteiger partial charge in [0.1, 0.15) is 0 Å². The first kappa shape index (κ1) is 40.2. The fourth-order valence-corrected chi connectivity index (χ4v) is 7.52. The van der Waals surface area contributed by atoms with Gasteiger partial charge in [-0.1, -0.05) is 119 Å². The summed E-state index contributed by atoms with van der Waals surface area (Å²) in [5.41, 5.74) is -0.223. The van der Waals surface area contributed by atoms with Crippen LogP contribution in [-0.2, 0) is 17.3 Å². The van der Waals surface area contributed by atoms with E-state index in [1.54, 1.807) is 0 Å². The predicted octanol–water partition coefficient (Wildman–Crippen LogP) is 15.1. The molecule has 290 valence electrons. The van der Waals surface area contributed by atoms with Crippen molar-refractivity contribution in [2.75, 3.05) is 9.80 Å². The van der Waals surface area contributed by atoms with E-state index < -0.39 is 28.9 Å². The van der Waals surface area contributed by atoms with Gasteiger partial charge in [0.2, 0.25) is 5.41 Å². The molecule has 0 heterocycles. The van der Waals surface area contributed by atoms with Crippen LogP contribution in [0.5, 0.6) is 0 Å². The smallest absolute Gasteiger partial charge is 0.311 e. The summed E-state index contributed by atoms with van der Waals surface area (Å²) in [7, 11) is 0. The van der Waals surface area contributed by atoms with Crippen LogP contribution >= 0.6 is 0 Å². The van der Waals surface area contributed by atoms with E-state index in [2.05, 4.69) is 27.7 Å². The first-order valence-corrected chi connectivity index (χ1v) is 19.0. The average Bonchev–Trinajstić information content (AvgIpc) is 3.20. The zero-order valence-electron chi connectivity index (χ0n) is 32.0. The molecule has 2 nitrogen and oxygen atoms in total. The van der Waals surface area contributed by atoms with Crippen molar-refractivity contribution in [3.05, 3.63) is 180 Å². The molecule has 0 atom stereocenters. The van der Waals surface area contributed by atoms with Crippen LogP contribution in [-0.4, -0.2) is 12.4 Å². The lowest BCUT2D eigenvalue weighted by Crippen LogP contribution is -2.54. The van der Waals surface area contributed by atoms with Gasteiger partial charge in [-0.05, 0) is 120 Å². The minimum Gasteiger partial charge on any atom is -0.311 e. The van der Waals surface area contributed by atoms with Gasteiger partial charge in [-0.3, -0.25) is 0 Å². The summed E-state index contributed by atoms with van der Waals surface area (Å²) in [6, 6.07) is 43.2. The summed E-state index contributed by atoms with van der Waals surface area (Å²) in [6.07, 6.45) is -7.75. The largest absolute Gasteiger partial charge is 0.411 e. The molecule has 56 heavy (non-hydrogen) atoms. The Hall–Kier alpha value is -5.50. The number of alkyl halides is 6. The van der Waals surface area contributed by atoms with Gasteiger partial charge in [0, 0.05) is 34.1 Å². The zero-order valence-corrected chi connectivity index (χ0v) is 32.0. The summed E-state index contributed by atoms with van der Waals surface area (Å²) in [6.45, 7) is 8.55. The average molecular weight is 765 g/mol. The Labute approximate surface area is 326 Å². The van der Waals surface area contributed by atoms with Crippen LogP contribution < -0.4 is 9.80 Å². The highest BCUT2D eigenvalue weighted by molar-refractivity contribution is 5.78. The standard InChI is InChI=1S/C48H46F6N2/c1-5-14-35-19-27-41(28-20-35)55(39-15-10-8-11-16-39)43-31-23-37(24-32-43)46(47(49,50)51,48(52,53)54)38-25-33-44(34-26-38)56(40-17-12-9-13-18-40)42-29-21-36(22-30-42)45(4,6-2)7-3/h8-13,15-34H,5-7,14H2,1-4H3. The number of benzene rings is 6. The van der Waals surface area contributed by atoms with Crippen LogP contribution in [0.25, 0.3) is 0 Å². The van der Waals surface area contributed by atoms with Gasteiger partial charge in [0.25, 0.3) is 0 Å². The topological polar surface area (TPSA) is 6.48 Å². The van der Waals surface area contributed by atoms with E-state index in [1.165, 1.54) is 24.3 Å². The molecule has 8 heteroatoms. The molecule has 0 saturated heterocycles. The SMILES string of the molecule is CCCc1ccc(N(c2ccccc2)c2ccc(C(c3ccc(N(c4ccccc4)c4ccc(C(C)(CC)CC)cc4)cc3)(C(F)(F)F)C(F)(F)F)cc2)cc1. The van der Waals surface area contributed by atoms with Crippen molar-refractivity contribution < 1.29 is 26.3 Å². The fourth-order valence-electron chi connectivity index (χ4n) is 7.52. The number of aryl methyl sites for hydroxylation is 1. The van der Waals surface area contributed by atoms with Crippen molar-refractivity contribution in [1.82, 2.24) is 0 Å². The molecule has 0 unspecified atom stereocenters. The zero-order chi connectivity index (χ0) is 40.1. The summed E-state index contributed by atoms with van der Waals surface area (Å²) in [5.74, 6) is 0. The monoisotopic (exact) mass is 764 g/mol. The molecule has 0 N–H and O–H groups in total. The molecular weight excluding hydrogens is 719 g/mol. The van der Waals surface area contributed by atoms with Gasteiger partial charge in [-0.15, -0.1) is 0 Å². The first-order chi connectivity index (χ1) is 26.8. The molecule has 0 amide bonds. The van der Waals surface area contributed by atoms with Crippen LogP contribution in [0.15, 0.2) is 158 Å². The predicted molar refractivity (Wildman–Crippen MR) is 217 cm³/mol. The fraction of sp³-hybridized carbons (Fsp3) is 0.250. The second kappa shape index (κ2) is 16.3. The minimum atomic E-state index is -5.73. The Bertz CT molecular complexity index is 2120. The lowest BCUT2D eigenvalue weighted by atomic mass is 9.72. The van der Waals surface area contributed by atoms with Crippen LogP contribution in [0.1, 0.15) is 69.2 Å². The molecule has 0 radical (unpaired) electrons. The first-order valence-electron chi connectivity index (χ1n) is 19.0. The van der Waals surface area contributed by atoms with Crippen molar-refractivity contribution in [2.24, 2.45) is 0 Å². The third-order valence-corrected chi connectivity index (χ3v) is 11.1. The maximum Gasteiger partial charge on any atom is 0.411 e. The molecule has 6 aromatic carbocycles. The van der Waals surface area contributed by atoms with Gasteiger partial charge < -0.3 is 9.80 Å². The number of hydrogen-bond acceptors (Lipinski definition) is 2. The van der Waals surface area contributed by atoms with Crippen molar-refractivity contribution in [1.29, 1.82) is 0 Å². The number of rotatable bonds is 13. The van der Waals surface area contributed by atoms with E-state index in [0.717, 1.165) is 72.5 Å². The van der Waals surface area contributed by atoms with E-state index in [4.69, 9.17) is 0 Å². The second-order valence-electron chi connectivity index (χ2n) is 14.4. The lowest BCUT2D eigenvalue weighted by Gasteiger charge is -2.39. The van der Waals surface area contributed by atoms with Crippen molar-refractivity contribution in [3.8, 4) is 0 Å². The van der Waals surface area contributed by atoms with Crippen molar-refractivity contribution in [2.45, 2.75) is 76.6 Å². The minimum absolute atomic E-state index is 0.0336. The molecular formula is C48H46F6N2. The highest BCUT2D eigenvalue weighted by Gasteiger charge is 2.72. The molecule has 0 aliphatic heterocycles. The number of nitrogens with zero attached hydrogens (tertiary/aromatic N) is 2. The molecule has 0 bridgehead atoms. The molecule has 0 aromatic heterocycles. The van der Waals surface area contributed by atoms with Crippen LogP contribution in [0, 0.1) is 0 Å². The molecule has 0 saturated carbocycles. The Morgan fingerprint density at radius 2 is 0.696 bits per heavy atom. The summed E-state index contributed by atoms with van der Waals surface area (Å²) in [4.78, 5) is 3.64. The van der Waals surface area contributed by atoms with E-state index in [1.807, 2.05) is 119 Å². The van der Waals surface area contributed by atoms with E-state index >= 15 is 26.3 Å². The second-order valence-corrected chi connectivity index (χ2v) is 14.4. The van der Waals surface area contributed by atoms with Gasteiger partial charge in [-0.2, -0.15) is 26.3 Å². The highest BCUT2D eigenvalue weighted by Crippen LogP contribution is 2.57. The number of anilines is 6. The molecule has 6 aromatic rings. The maximum atomic E-state index is 15.4. The number of halogens is 6. The Balaban J connectivity index is 1.44. The summed E-state index contributed by atoms with van der Waals surface area (Å²) < 4.78 is 92.2. The maximum absolute atomic E-state index is 15.4.